The van der Waals surface area contributed by atoms with Crippen molar-refractivity contribution in [3.8, 4) is 0 Å². The van der Waals surface area contributed by atoms with Gasteiger partial charge in [0.05, 0.1) is 0 Å². The molecule has 0 heterocycles. The molecule has 0 rings (SSSR count). The van der Waals surface area contributed by atoms with Crippen LogP contribution < -0.4 is 0 Å². The Hall–Kier alpha value is -1.05. The van der Waals surface area contributed by atoms with E-state index in [4.69, 9.17) is 4.74 Å². The molecule has 0 atom stereocenters. The molecule has 0 unspecified atom stereocenters. The van der Waals surface area contributed by atoms with E-state index in [0.717, 1.165) is 6.42 Å². The Morgan fingerprint density at radius 3 is 2.19 bits per heavy atom. The Bertz CT molecular complexity index is 211. The third kappa shape index (κ3) is 18.7. The smallest absolute Gasteiger partial charge is 0.306 e. The Kier molecular flexibility index (Phi) is 15.1. The van der Waals surface area contributed by atoms with E-state index >= 15 is 0 Å². The second-order valence-electron chi connectivity index (χ2n) is 3.69. The van der Waals surface area contributed by atoms with E-state index in [0.29, 0.717) is 13.0 Å². The van der Waals surface area contributed by atoms with Gasteiger partial charge in [0.25, 0.3) is 0 Å². The molecule has 0 fully saturated rings. The highest BCUT2D eigenvalue weighted by molar-refractivity contribution is 5.69. The fourth-order valence-electron chi connectivity index (χ4n) is 0.922. The Morgan fingerprint density at radius 2 is 1.88 bits per heavy atom. The largest absolute Gasteiger partial charge is 0.461 e. The molecule has 0 aromatic heterocycles. The van der Waals surface area contributed by atoms with Crippen LogP contribution in [0.25, 0.3) is 0 Å². The van der Waals surface area contributed by atoms with Gasteiger partial charge in [-0.1, -0.05) is 37.6 Å². The SMILES string of the molecule is C/C=C/COC(=O)CCC.CCC=C(C)C. The molecule has 2 nitrogen and oxygen atoms in total. The first-order valence-electron chi connectivity index (χ1n) is 5.98. The highest BCUT2D eigenvalue weighted by Gasteiger charge is 1.96. The molecule has 0 N–H and O–H groups in total. The van der Waals surface area contributed by atoms with Gasteiger partial charge >= 0.3 is 5.97 Å². The van der Waals surface area contributed by atoms with Gasteiger partial charge in [0.2, 0.25) is 0 Å². The average Bonchev–Trinajstić information content (AvgIpc) is 2.19. The van der Waals surface area contributed by atoms with E-state index in [2.05, 4.69) is 26.8 Å². The molecule has 0 bridgehead atoms. The molecule has 0 amide bonds. The predicted octanol–water partition coefficient (Wildman–Crippen LogP) is 4.27. The van der Waals surface area contributed by atoms with Gasteiger partial charge in [0, 0.05) is 6.42 Å². The maximum Gasteiger partial charge on any atom is 0.306 e. The Labute approximate surface area is 100 Å². The third-order valence-corrected chi connectivity index (χ3v) is 1.64. The van der Waals surface area contributed by atoms with Gasteiger partial charge in [-0.15, -0.1) is 0 Å². The molecular formula is C14H26O2. The monoisotopic (exact) mass is 226 g/mol. The van der Waals surface area contributed by atoms with Gasteiger partial charge in [-0.3, -0.25) is 4.79 Å². The van der Waals surface area contributed by atoms with Crippen LogP contribution >= 0.6 is 0 Å². The van der Waals surface area contributed by atoms with Crippen molar-refractivity contribution in [2.45, 2.75) is 53.9 Å². The molecule has 0 aliphatic carbocycles. The van der Waals surface area contributed by atoms with Crippen molar-refractivity contribution in [3.05, 3.63) is 23.8 Å². The van der Waals surface area contributed by atoms with Crippen molar-refractivity contribution in [2.24, 2.45) is 0 Å². The molecule has 0 saturated heterocycles. The van der Waals surface area contributed by atoms with Crippen LogP contribution in [0.3, 0.4) is 0 Å². The number of ether oxygens (including phenoxy) is 1. The lowest BCUT2D eigenvalue weighted by Gasteiger charge is -1.97. The molecule has 0 saturated carbocycles. The molecule has 0 aliphatic rings. The fourth-order valence-corrected chi connectivity index (χ4v) is 0.922. The van der Waals surface area contributed by atoms with Crippen molar-refractivity contribution < 1.29 is 9.53 Å². The molecule has 0 spiro atoms. The van der Waals surface area contributed by atoms with Gasteiger partial charge in [-0.25, -0.2) is 0 Å². The van der Waals surface area contributed by atoms with Crippen LogP contribution in [0.4, 0.5) is 0 Å². The van der Waals surface area contributed by atoms with Crippen molar-refractivity contribution in [1.82, 2.24) is 0 Å². The summed E-state index contributed by atoms with van der Waals surface area (Å²) in [6, 6.07) is 0. The maximum atomic E-state index is 10.7. The molecule has 0 aliphatic heterocycles. The number of allylic oxidation sites excluding steroid dienone is 3. The average molecular weight is 226 g/mol. The number of hydrogen-bond acceptors (Lipinski definition) is 2. The normalized spacial score (nSPS) is 9.31. The summed E-state index contributed by atoms with van der Waals surface area (Å²) >= 11 is 0. The van der Waals surface area contributed by atoms with Gasteiger partial charge in [0.15, 0.2) is 0 Å². The van der Waals surface area contributed by atoms with Crippen LogP contribution in [0.1, 0.15) is 53.9 Å². The van der Waals surface area contributed by atoms with Gasteiger partial charge in [-0.05, 0) is 33.6 Å². The third-order valence-electron chi connectivity index (χ3n) is 1.64. The second kappa shape index (κ2) is 13.9. The van der Waals surface area contributed by atoms with E-state index in [1.807, 2.05) is 26.0 Å². The maximum absolute atomic E-state index is 10.7. The van der Waals surface area contributed by atoms with Crippen molar-refractivity contribution in [1.29, 1.82) is 0 Å². The molecular weight excluding hydrogens is 200 g/mol. The van der Waals surface area contributed by atoms with Crippen LogP contribution in [0.2, 0.25) is 0 Å². The summed E-state index contributed by atoms with van der Waals surface area (Å²) < 4.78 is 4.80. The summed E-state index contributed by atoms with van der Waals surface area (Å²) in [7, 11) is 0. The second-order valence-corrected chi connectivity index (χ2v) is 3.69. The van der Waals surface area contributed by atoms with Crippen molar-refractivity contribution >= 4 is 5.97 Å². The number of carbonyl (C=O) groups is 1. The Balaban J connectivity index is 0. The summed E-state index contributed by atoms with van der Waals surface area (Å²) in [5.74, 6) is -0.111. The van der Waals surface area contributed by atoms with Gasteiger partial charge < -0.3 is 4.74 Å². The quantitative estimate of drug-likeness (QED) is 0.517. The van der Waals surface area contributed by atoms with E-state index in [1.54, 1.807) is 0 Å². The Morgan fingerprint density at radius 1 is 1.25 bits per heavy atom. The zero-order valence-corrected chi connectivity index (χ0v) is 11.4. The van der Waals surface area contributed by atoms with Crippen LogP contribution in [0.5, 0.6) is 0 Å². The van der Waals surface area contributed by atoms with Gasteiger partial charge in [0.1, 0.15) is 6.61 Å². The lowest BCUT2D eigenvalue weighted by atomic mass is 10.3. The number of esters is 1. The molecule has 94 valence electrons. The number of hydrogen-bond donors (Lipinski definition) is 0. The lowest BCUT2D eigenvalue weighted by molar-refractivity contribution is -0.142. The first kappa shape index (κ1) is 17.3. The van der Waals surface area contributed by atoms with Crippen molar-refractivity contribution in [3.63, 3.8) is 0 Å². The minimum absolute atomic E-state index is 0.111. The predicted molar refractivity (Wildman–Crippen MR) is 70.4 cm³/mol. The van der Waals surface area contributed by atoms with Crippen LogP contribution in [0, 0.1) is 0 Å². The molecule has 16 heavy (non-hydrogen) atoms. The summed E-state index contributed by atoms with van der Waals surface area (Å²) in [5.41, 5.74) is 1.41. The zero-order chi connectivity index (χ0) is 12.8. The molecule has 0 aromatic rings. The molecule has 0 aromatic carbocycles. The zero-order valence-electron chi connectivity index (χ0n) is 11.4. The standard InChI is InChI=1S/C8H14O2.C6H12/c1-3-5-7-10-8(9)6-4-2;1-4-5-6(2)3/h3,5H,4,6-7H2,1-2H3;5H,4H2,1-3H3/b5-3+;. The van der Waals surface area contributed by atoms with Crippen LogP contribution in [-0.4, -0.2) is 12.6 Å². The minimum Gasteiger partial charge on any atom is -0.461 e. The first-order chi connectivity index (χ1) is 7.58. The van der Waals surface area contributed by atoms with Crippen LogP contribution in [0.15, 0.2) is 23.8 Å². The molecule has 0 radical (unpaired) electrons. The minimum atomic E-state index is -0.111. The van der Waals surface area contributed by atoms with E-state index in [1.165, 1.54) is 12.0 Å². The van der Waals surface area contributed by atoms with Crippen LogP contribution in [-0.2, 0) is 9.53 Å². The van der Waals surface area contributed by atoms with Gasteiger partial charge in [-0.2, -0.15) is 0 Å². The topological polar surface area (TPSA) is 26.3 Å². The summed E-state index contributed by atoms with van der Waals surface area (Å²) in [6.45, 7) is 10.6. The lowest BCUT2D eigenvalue weighted by Crippen LogP contribution is -2.02. The fraction of sp³-hybridized carbons (Fsp3) is 0.643. The van der Waals surface area contributed by atoms with E-state index in [9.17, 15) is 4.79 Å². The number of carbonyl (C=O) groups excluding carboxylic acids is 1. The summed E-state index contributed by atoms with van der Waals surface area (Å²) in [4.78, 5) is 10.7. The summed E-state index contributed by atoms with van der Waals surface area (Å²) in [6.07, 6.45) is 8.43. The van der Waals surface area contributed by atoms with Crippen molar-refractivity contribution in [2.75, 3.05) is 6.61 Å². The van der Waals surface area contributed by atoms with E-state index < -0.39 is 0 Å². The summed E-state index contributed by atoms with van der Waals surface area (Å²) in [5, 5.41) is 0. The highest BCUT2D eigenvalue weighted by atomic mass is 16.5. The van der Waals surface area contributed by atoms with E-state index in [-0.39, 0.29) is 5.97 Å². The highest BCUT2D eigenvalue weighted by Crippen LogP contribution is 1.90. The molecule has 2 heteroatoms. The first-order valence-corrected chi connectivity index (χ1v) is 5.98. The number of rotatable bonds is 5.